The molecule has 0 saturated carbocycles. The first-order valence-corrected chi connectivity index (χ1v) is 5.18. The zero-order valence-corrected chi connectivity index (χ0v) is 9.22. The van der Waals surface area contributed by atoms with Crippen molar-refractivity contribution in [1.29, 1.82) is 0 Å². The molecule has 1 unspecified atom stereocenters. The maximum Gasteiger partial charge on any atom is 0.416 e. The highest BCUT2D eigenvalue weighted by molar-refractivity contribution is 5.37. The minimum Gasteiger partial charge on any atom is -0.320 e. The molecule has 0 aliphatic carbocycles. The molecule has 0 aliphatic rings. The summed E-state index contributed by atoms with van der Waals surface area (Å²) in [5.41, 5.74) is 5.63. The summed E-state index contributed by atoms with van der Waals surface area (Å²) in [6, 6.07) is 5.92. The molecule has 1 aromatic heterocycles. The highest BCUT2D eigenvalue weighted by Gasteiger charge is 2.34. The molecule has 1 heterocycles. The van der Waals surface area contributed by atoms with Crippen LogP contribution in [0.3, 0.4) is 0 Å². The van der Waals surface area contributed by atoms with Gasteiger partial charge in [-0.15, -0.1) is 0 Å². The summed E-state index contributed by atoms with van der Waals surface area (Å²) in [6.45, 7) is 0. The molecule has 0 radical (unpaired) electrons. The third kappa shape index (κ3) is 2.48. The van der Waals surface area contributed by atoms with Crippen molar-refractivity contribution < 1.29 is 13.2 Å². The summed E-state index contributed by atoms with van der Waals surface area (Å²) in [5.74, 6) is 0. The van der Waals surface area contributed by atoms with Crippen LogP contribution in [0, 0.1) is 0 Å². The van der Waals surface area contributed by atoms with Gasteiger partial charge in [-0.05, 0) is 23.3 Å². The van der Waals surface area contributed by atoms with Crippen LogP contribution in [0.1, 0.15) is 22.7 Å². The fourth-order valence-corrected chi connectivity index (χ4v) is 1.69. The van der Waals surface area contributed by atoms with Crippen LogP contribution in [0.5, 0.6) is 0 Å². The smallest absolute Gasteiger partial charge is 0.320 e. The molecule has 0 amide bonds. The number of halogens is 3. The standard InChI is InChI=1S/C12H10F3N3/c13-12(14,15)10-4-2-1-3-9(10)11(16)8-5-6-17-18-7-8/h1-7,11H,16H2. The average molecular weight is 253 g/mol. The summed E-state index contributed by atoms with van der Waals surface area (Å²) in [4.78, 5) is 0. The van der Waals surface area contributed by atoms with Gasteiger partial charge in [0.05, 0.1) is 17.8 Å². The Kier molecular flexibility index (Phi) is 3.29. The summed E-state index contributed by atoms with van der Waals surface area (Å²) in [6.07, 6.45) is -1.67. The van der Waals surface area contributed by atoms with E-state index in [0.29, 0.717) is 5.56 Å². The Bertz CT molecular complexity index is 526. The van der Waals surface area contributed by atoms with Crippen molar-refractivity contribution in [3.05, 3.63) is 59.4 Å². The van der Waals surface area contributed by atoms with Gasteiger partial charge in [0.2, 0.25) is 0 Å². The van der Waals surface area contributed by atoms with Crippen molar-refractivity contribution in [2.75, 3.05) is 0 Å². The van der Waals surface area contributed by atoms with E-state index in [1.807, 2.05) is 0 Å². The molecular weight excluding hydrogens is 243 g/mol. The number of nitrogens with two attached hydrogens (primary N) is 1. The van der Waals surface area contributed by atoms with Crippen molar-refractivity contribution >= 4 is 0 Å². The lowest BCUT2D eigenvalue weighted by Gasteiger charge is -2.18. The van der Waals surface area contributed by atoms with Crippen LogP contribution < -0.4 is 5.73 Å². The summed E-state index contributed by atoms with van der Waals surface area (Å²) >= 11 is 0. The predicted molar refractivity (Wildman–Crippen MR) is 59.5 cm³/mol. The Morgan fingerprint density at radius 1 is 1.06 bits per heavy atom. The number of hydrogen-bond donors (Lipinski definition) is 1. The van der Waals surface area contributed by atoms with Crippen molar-refractivity contribution in [2.45, 2.75) is 12.2 Å². The van der Waals surface area contributed by atoms with E-state index in [-0.39, 0.29) is 5.56 Å². The van der Waals surface area contributed by atoms with Crippen LogP contribution in [0.15, 0.2) is 42.7 Å². The van der Waals surface area contributed by atoms with Gasteiger partial charge in [-0.3, -0.25) is 0 Å². The third-order valence-corrected chi connectivity index (χ3v) is 2.57. The Labute approximate surface area is 101 Å². The largest absolute Gasteiger partial charge is 0.416 e. The molecule has 6 heteroatoms. The molecule has 0 saturated heterocycles. The van der Waals surface area contributed by atoms with Crippen molar-refractivity contribution in [2.24, 2.45) is 5.73 Å². The van der Waals surface area contributed by atoms with E-state index in [2.05, 4.69) is 10.2 Å². The first kappa shape index (κ1) is 12.5. The number of benzene rings is 1. The first-order valence-electron chi connectivity index (χ1n) is 5.18. The highest BCUT2D eigenvalue weighted by atomic mass is 19.4. The zero-order chi connectivity index (χ0) is 13.2. The zero-order valence-electron chi connectivity index (χ0n) is 9.22. The van der Waals surface area contributed by atoms with E-state index in [4.69, 9.17) is 5.73 Å². The average Bonchev–Trinajstić information content (AvgIpc) is 2.38. The predicted octanol–water partition coefficient (Wildman–Crippen LogP) is 2.54. The van der Waals surface area contributed by atoms with Gasteiger partial charge in [0.1, 0.15) is 0 Å². The Balaban J connectivity index is 2.46. The molecule has 1 aromatic carbocycles. The van der Waals surface area contributed by atoms with Crippen molar-refractivity contribution in [1.82, 2.24) is 10.2 Å². The van der Waals surface area contributed by atoms with Gasteiger partial charge >= 0.3 is 6.18 Å². The highest BCUT2D eigenvalue weighted by Crippen LogP contribution is 2.35. The molecule has 2 N–H and O–H groups in total. The summed E-state index contributed by atoms with van der Waals surface area (Å²) in [5, 5.41) is 7.18. The number of rotatable bonds is 2. The third-order valence-electron chi connectivity index (χ3n) is 2.57. The maximum absolute atomic E-state index is 12.8. The second-order valence-electron chi connectivity index (χ2n) is 3.74. The Hall–Kier alpha value is -1.95. The van der Waals surface area contributed by atoms with E-state index in [9.17, 15) is 13.2 Å². The number of nitrogens with zero attached hydrogens (tertiary/aromatic N) is 2. The van der Waals surface area contributed by atoms with E-state index in [1.54, 1.807) is 6.07 Å². The molecule has 2 rings (SSSR count). The number of alkyl halides is 3. The van der Waals surface area contributed by atoms with Crippen LogP contribution in [0.4, 0.5) is 13.2 Å². The van der Waals surface area contributed by atoms with E-state index in [0.717, 1.165) is 6.07 Å². The van der Waals surface area contributed by atoms with Gasteiger partial charge in [0.15, 0.2) is 0 Å². The SMILES string of the molecule is NC(c1ccnnc1)c1ccccc1C(F)(F)F. The number of hydrogen-bond acceptors (Lipinski definition) is 3. The molecule has 0 spiro atoms. The molecule has 2 aromatic rings. The molecule has 94 valence electrons. The summed E-state index contributed by atoms with van der Waals surface area (Å²) in [7, 11) is 0. The lowest BCUT2D eigenvalue weighted by Crippen LogP contribution is -2.18. The first-order chi connectivity index (χ1) is 8.50. The normalized spacial score (nSPS) is 13.3. The topological polar surface area (TPSA) is 51.8 Å². The molecule has 18 heavy (non-hydrogen) atoms. The lowest BCUT2D eigenvalue weighted by molar-refractivity contribution is -0.138. The van der Waals surface area contributed by atoms with Crippen LogP contribution in [0.2, 0.25) is 0 Å². The van der Waals surface area contributed by atoms with E-state index >= 15 is 0 Å². The molecule has 0 bridgehead atoms. The minimum atomic E-state index is -4.42. The van der Waals surface area contributed by atoms with Crippen LogP contribution >= 0.6 is 0 Å². The maximum atomic E-state index is 12.8. The van der Waals surface area contributed by atoms with Gasteiger partial charge in [-0.1, -0.05) is 18.2 Å². The fourth-order valence-electron chi connectivity index (χ4n) is 1.69. The molecule has 3 nitrogen and oxygen atoms in total. The van der Waals surface area contributed by atoms with E-state index < -0.39 is 17.8 Å². The second-order valence-corrected chi connectivity index (χ2v) is 3.74. The van der Waals surface area contributed by atoms with Crippen molar-refractivity contribution in [3.8, 4) is 0 Å². The molecular formula is C12H10F3N3. The van der Waals surface area contributed by atoms with Gasteiger partial charge in [0.25, 0.3) is 0 Å². The van der Waals surface area contributed by atoms with Crippen LogP contribution in [-0.2, 0) is 6.18 Å². The van der Waals surface area contributed by atoms with Gasteiger partial charge in [-0.25, -0.2) is 0 Å². The van der Waals surface area contributed by atoms with Crippen molar-refractivity contribution in [3.63, 3.8) is 0 Å². The lowest BCUT2D eigenvalue weighted by atomic mass is 9.96. The number of aromatic nitrogens is 2. The molecule has 1 atom stereocenters. The minimum absolute atomic E-state index is 0.0259. The Morgan fingerprint density at radius 2 is 1.78 bits per heavy atom. The molecule has 0 fully saturated rings. The summed E-state index contributed by atoms with van der Waals surface area (Å²) < 4.78 is 38.5. The van der Waals surface area contributed by atoms with Gasteiger partial charge in [-0.2, -0.15) is 23.4 Å². The van der Waals surface area contributed by atoms with E-state index in [1.165, 1.54) is 30.6 Å². The van der Waals surface area contributed by atoms with Crippen LogP contribution in [0.25, 0.3) is 0 Å². The quantitative estimate of drug-likeness (QED) is 0.894. The monoisotopic (exact) mass is 253 g/mol. The second kappa shape index (κ2) is 4.73. The molecule has 0 aliphatic heterocycles. The fraction of sp³-hybridized carbons (Fsp3) is 0.167. The van der Waals surface area contributed by atoms with Gasteiger partial charge < -0.3 is 5.73 Å². The Morgan fingerprint density at radius 3 is 2.39 bits per heavy atom. The van der Waals surface area contributed by atoms with Gasteiger partial charge in [0, 0.05) is 6.20 Å². The van der Waals surface area contributed by atoms with Crippen LogP contribution in [-0.4, -0.2) is 10.2 Å².